The fraction of sp³-hybridized carbons (Fsp3) is 0.100. The van der Waals surface area contributed by atoms with Crippen LogP contribution in [0.5, 0.6) is 0 Å². The van der Waals surface area contributed by atoms with Gasteiger partial charge in [-0.3, -0.25) is 10.8 Å². The number of rotatable bonds is 1. The number of hydrogen-bond acceptors (Lipinski definition) is 3. The third-order valence-electron chi connectivity index (χ3n) is 2.21. The van der Waals surface area contributed by atoms with Crippen LogP contribution in [0.15, 0.2) is 12.1 Å². The van der Waals surface area contributed by atoms with Crippen LogP contribution in [0.25, 0.3) is 10.9 Å². The van der Waals surface area contributed by atoms with Gasteiger partial charge in [-0.2, -0.15) is 0 Å². The molecular weight excluding hydrogens is 268 g/mol. The Kier molecular flexibility index (Phi) is 3.13. The molecule has 0 saturated carbocycles. The number of pyridine rings is 1. The lowest BCUT2D eigenvalue weighted by Gasteiger charge is -2.10. The average molecular weight is 277 g/mol. The van der Waals surface area contributed by atoms with Crippen molar-refractivity contribution in [1.82, 2.24) is 4.98 Å². The minimum Gasteiger partial charge on any atom is -0.323 e. The van der Waals surface area contributed by atoms with Crippen LogP contribution in [0.1, 0.15) is 5.69 Å². The molecule has 0 aliphatic rings. The van der Waals surface area contributed by atoms with E-state index in [0.29, 0.717) is 31.7 Å². The maximum Gasteiger partial charge on any atom is 0.0928 e. The number of benzene rings is 1. The zero-order valence-corrected chi connectivity index (χ0v) is 10.6. The second-order valence-corrected chi connectivity index (χ2v) is 4.53. The van der Waals surface area contributed by atoms with Crippen molar-refractivity contribution in [3.63, 3.8) is 0 Å². The summed E-state index contributed by atoms with van der Waals surface area (Å²) in [7, 11) is 0. The molecule has 0 aliphatic heterocycles. The number of halogens is 3. The van der Waals surface area contributed by atoms with Gasteiger partial charge in [0.05, 0.1) is 26.3 Å². The highest BCUT2D eigenvalue weighted by Gasteiger charge is 2.13. The van der Waals surface area contributed by atoms with E-state index >= 15 is 0 Å². The largest absolute Gasteiger partial charge is 0.323 e. The third-order valence-corrected chi connectivity index (χ3v) is 3.29. The van der Waals surface area contributed by atoms with Crippen molar-refractivity contribution in [3.8, 4) is 0 Å². The molecule has 3 N–H and O–H groups in total. The smallest absolute Gasteiger partial charge is 0.0928 e. The van der Waals surface area contributed by atoms with E-state index in [9.17, 15) is 0 Å². The summed E-state index contributed by atoms with van der Waals surface area (Å²) < 4.78 is 0. The maximum absolute atomic E-state index is 6.11. The fourth-order valence-electron chi connectivity index (χ4n) is 1.54. The van der Waals surface area contributed by atoms with E-state index < -0.39 is 0 Å². The molecule has 84 valence electrons. The molecule has 0 radical (unpaired) electrons. The van der Waals surface area contributed by atoms with Gasteiger partial charge < -0.3 is 5.43 Å². The molecule has 6 heteroatoms. The number of fused-ring (bicyclic) bond motifs is 1. The summed E-state index contributed by atoms with van der Waals surface area (Å²) in [5.41, 5.74) is 4.59. The highest BCUT2D eigenvalue weighted by molar-refractivity contribution is 6.48. The summed E-state index contributed by atoms with van der Waals surface area (Å²) in [4.78, 5) is 4.32. The number of nitrogens with zero attached hydrogens (tertiary/aromatic N) is 1. The number of nitrogens with one attached hydrogen (secondary N) is 1. The highest BCUT2D eigenvalue weighted by Crippen LogP contribution is 2.38. The first-order chi connectivity index (χ1) is 7.54. The van der Waals surface area contributed by atoms with E-state index in [1.807, 2.05) is 6.92 Å². The molecule has 0 bridgehead atoms. The maximum atomic E-state index is 6.11. The molecule has 0 unspecified atom stereocenters. The van der Waals surface area contributed by atoms with E-state index in [0.717, 1.165) is 5.69 Å². The van der Waals surface area contributed by atoms with Gasteiger partial charge in [-0.25, -0.2) is 0 Å². The molecule has 2 rings (SSSR count). The number of anilines is 1. The topological polar surface area (TPSA) is 50.9 Å². The van der Waals surface area contributed by atoms with E-state index in [4.69, 9.17) is 40.6 Å². The summed E-state index contributed by atoms with van der Waals surface area (Å²) in [6, 6.07) is 3.35. The normalized spacial score (nSPS) is 10.8. The van der Waals surface area contributed by atoms with Crippen LogP contribution in [0.3, 0.4) is 0 Å². The van der Waals surface area contributed by atoms with E-state index in [-0.39, 0.29) is 0 Å². The summed E-state index contributed by atoms with van der Waals surface area (Å²) in [6.45, 7) is 1.85. The van der Waals surface area contributed by atoms with Gasteiger partial charge in [0, 0.05) is 11.1 Å². The molecule has 0 amide bonds. The second-order valence-electron chi connectivity index (χ2n) is 3.33. The van der Waals surface area contributed by atoms with Crippen molar-refractivity contribution >= 4 is 51.4 Å². The molecule has 0 atom stereocenters. The Hall–Kier alpha value is -0.740. The average Bonchev–Trinajstić information content (AvgIpc) is 2.25. The van der Waals surface area contributed by atoms with Crippen molar-refractivity contribution in [3.05, 3.63) is 32.9 Å². The van der Waals surface area contributed by atoms with Crippen molar-refractivity contribution < 1.29 is 0 Å². The van der Waals surface area contributed by atoms with Gasteiger partial charge in [0.25, 0.3) is 0 Å². The summed E-state index contributed by atoms with van der Waals surface area (Å²) in [5.74, 6) is 5.43. The Bertz CT molecular complexity index is 569. The van der Waals surface area contributed by atoms with Crippen LogP contribution in [-0.2, 0) is 0 Å². The molecule has 0 saturated heterocycles. The molecule has 0 spiro atoms. The zero-order chi connectivity index (χ0) is 11.9. The number of aromatic nitrogens is 1. The molecule has 0 fully saturated rings. The first-order valence-electron chi connectivity index (χ1n) is 4.46. The SMILES string of the molecule is Cc1cc(NN)c2c(Cl)c(Cl)cc(Cl)c2n1. The van der Waals surface area contributed by atoms with Crippen molar-refractivity contribution in [2.24, 2.45) is 5.84 Å². The Labute approximate surface area is 107 Å². The predicted octanol–water partition coefficient (Wildman–Crippen LogP) is 3.79. The van der Waals surface area contributed by atoms with Gasteiger partial charge >= 0.3 is 0 Å². The highest BCUT2D eigenvalue weighted by atomic mass is 35.5. The molecule has 3 nitrogen and oxygen atoms in total. The van der Waals surface area contributed by atoms with Crippen LogP contribution < -0.4 is 11.3 Å². The van der Waals surface area contributed by atoms with Gasteiger partial charge in [0.15, 0.2) is 0 Å². The molecule has 1 aromatic heterocycles. The minimum absolute atomic E-state index is 0.376. The van der Waals surface area contributed by atoms with Crippen molar-refractivity contribution in [2.75, 3.05) is 5.43 Å². The standard InChI is InChI=1S/C10H8Cl3N3/c1-4-2-7(16-14)8-9(13)5(11)3-6(12)10(8)15-4/h2-3H,14H2,1H3,(H,15,16). The van der Waals surface area contributed by atoms with E-state index in [1.165, 1.54) is 0 Å². The Morgan fingerprint density at radius 3 is 2.50 bits per heavy atom. The number of hydrazine groups is 1. The quantitative estimate of drug-likeness (QED) is 0.473. The van der Waals surface area contributed by atoms with Crippen LogP contribution in [-0.4, -0.2) is 4.98 Å². The monoisotopic (exact) mass is 275 g/mol. The lowest BCUT2D eigenvalue weighted by molar-refractivity contribution is 1.24. The molecule has 16 heavy (non-hydrogen) atoms. The van der Waals surface area contributed by atoms with Gasteiger partial charge in [-0.05, 0) is 19.1 Å². The van der Waals surface area contributed by atoms with Gasteiger partial charge in [-0.15, -0.1) is 0 Å². The van der Waals surface area contributed by atoms with Gasteiger partial charge in [-0.1, -0.05) is 34.8 Å². The molecule has 1 heterocycles. The predicted molar refractivity (Wildman–Crippen MR) is 69.3 cm³/mol. The van der Waals surface area contributed by atoms with Gasteiger partial charge in [0.1, 0.15) is 0 Å². The van der Waals surface area contributed by atoms with E-state index in [1.54, 1.807) is 12.1 Å². The number of hydrogen-bond donors (Lipinski definition) is 2. The first kappa shape index (κ1) is 11.7. The Morgan fingerprint density at radius 1 is 1.19 bits per heavy atom. The number of nitrogens with two attached hydrogens (primary N) is 1. The van der Waals surface area contributed by atoms with Crippen LogP contribution in [0, 0.1) is 6.92 Å². The van der Waals surface area contributed by atoms with Crippen molar-refractivity contribution in [1.29, 1.82) is 0 Å². The molecule has 1 aromatic carbocycles. The van der Waals surface area contributed by atoms with Crippen LogP contribution in [0.4, 0.5) is 5.69 Å². The fourth-order valence-corrected chi connectivity index (χ4v) is 2.30. The van der Waals surface area contributed by atoms with Gasteiger partial charge in [0.2, 0.25) is 0 Å². The molecule has 2 aromatic rings. The summed E-state index contributed by atoms with van der Waals surface area (Å²) >= 11 is 18.1. The second kappa shape index (κ2) is 4.26. The molecule has 0 aliphatic carbocycles. The summed E-state index contributed by atoms with van der Waals surface area (Å²) in [5, 5.41) is 1.85. The third kappa shape index (κ3) is 1.80. The van der Waals surface area contributed by atoms with E-state index in [2.05, 4.69) is 10.4 Å². The number of nitrogen functional groups attached to an aromatic ring is 1. The number of aryl methyl sites for hydroxylation is 1. The molecular formula is C10H8Cl3N3. The van der Waals surface area contributed by atoms with Crippen LogP contribution in [0.2, 0.25) is 15.1 Å². The lowest BCUT2D eigenvalue weighted by atomic mass is 10.1. The minimum atomic E-state index is 0.376. The summed E-state index contributed by atoms with van der Waals surface area (Å²) in [6.07, 6.45) is 0. The first-order valence-corrected chi connectivity index (χ1v) is 5.59. The Morgan fingerprint density at radius 2 is 1.88 bits per heavy atom. The zero-order valence-electron chi connectivity index (χ0n) is 8.31. The van der Waals surface area contributed by atoms with Crippen LogP contribution >= 0.6 is 34.8 Å². The lowest BCUT2D eigenvalue weighted by Crippen LogP contribution is -2.08. The Balaban J connectivity index is 2.99. The van der Waals surface area contributed by atoms with Crippen molar-refractivity contribution in [2.45, 2.75) is 6.92 Å².